The Labute approximate surface area is 118 Å². The van der Waals surface area contributed by atoms with E-state index in [1.54, 1.807) is 12.1 Å². The fourth-order valence-electron chi connectivity index (χ4n) is 1.83. The summed E-state index contributed by atoms with van der Waals surface area (Å²) in [5.41, 5.74) is 7.99. The van der Waals surface area contributed by atoms with Crippen LogP contribution < -0.4 is 15.8 Å². The zero-order chi connectivity index (χ0) is 14.4. The Morgan fingerprint density at radius 3 is 2.35 bits per heavy atom. The van der Waals surface area contributed by atoms with Crippen LogP contribution in [0.4, 0.5) is 11.4 Å². The number of carbonyl (C=O) groups is 1. The van der Waals surface area contributed by atoms with E-state index in [4.69, 9.17) is 10.5 Å². The second kappa shape index (κ2) is 6.61. The molecule has 4 heteroatoms. The number of nitrogen functional groups attached to an aromatic ring is 1. The van der Waals surface area contributed by atoms with Crippen LogP contribution in [0.15, 0.2) is 48.5 Å². The van der Waals surface area contributed by atoms with Crippen molar-refractivity contribution in [3.8, 4) is 5.75 Å². The van der Waals surface area contributed by atoms with Gasteiger partial charge in [-0.1, -0.05) is 12.1 Å². The molecule has 2 aromatic rings. The van der Waals surface area contributed by atoms with Crippen LogP contribution in [0.25, 0.3) is 0 Å². The first kappa shape index (κ1) is 13.9. The van der Waals surface area contributed by atoms with Gasteiger partial charge in [-0.2, -0.15) is 0 Å². The summed E-state index contributed by atoms with van der Waals surface area (Å²) in [5, 5.41) is 2.85. The van der Waals surface area contributed by atoms with E-state index in [1.165, 1.54) is 0 Å². The number of benzene rings is 2. The minimum Gasteiger partial charge on any atom is -0.494 e. The van der Waals surface area contributed by atoms with Crippen LogP contribution in [-0.2, 0) is 11.2 Å². The van der Waals surface area contributed by atoms with Crippen molar-refractivity contribution in [2.75, 3.05) is 17.7 Å². The van der Waals surface area contributed by atoms with E-state index >= 15 is 0 Å². The quantitative estimate of drug-likeness (QED) is 0.821. The summed E-state index contributed by atoms with van der Waals surface area (Å²) in [6.45, 7) is 2.56. The Morgan fingerprint density at radius 1 is 1.10 bits per heavy atom. The zero-order valence-electron chi connectivity index (χ0n) is 11.4. The number of ether oxygens (including phenoxy) is 1. The monoisotopic (exact) mass is 270 g/mol. The molecule has 2 rings (SSSR count). The van der Waals surface area contributed by atoms with E-state index in [-0.39, 0.29) is 5.91 Å². The average Bonchev–Trinajstić information content (AvgIpc) is 2.44. The molecular weight excluding hydrogens is 252 g/mol. The van der Waals surface area contributed by atoms with Gasteiger partial charge in [0.25, 0.3) is 0 Å². The highest BCUT2D eigenvalue weighted by molar-refractivity contribution is 5.92. The van der Waals surface area contributed by atoms with Crippen LogP contribution in [-0.4, -0.2) is 12.5 Å². The number of nitrogens with one attached hydrogen (secondary N) is 1. The molecule has 0 saturated heterocycles. The summed E-state index contributed by atoms with van der Waals surface area (Å²) < 4.78 is 5.35. The molecule has 20 heavy (non-hydrogen) atoms. The number of amides is 1. The van der Waals surface area contributed by atoms with E-state index in [2.05, 4.69) is 5.32 Å². The van der Waals surface area contributed by atoms with E-state index < -0.39 is 0 Å². The van der Waals surface area contributed by atoms with Gasteiger partial charge in [-0.3, -0.25) is 4.79 Å². The molecule has 0 radical (unpaired) electrons. The van der Waals surface area contributed by atoms with E-state index in [1.807, 2.05) is 43.3 Å². The molecule has 1 amide bonds. The van der Waals surface area contributed by atoms with Crippen molar-refractivity contribution in [2.45, 2.75) is 13.3 Å². The van der Waals surface area contributed by atoms with Crippen LogP contribution >= 0.6 is 0 Å². The highest BCUT2D eigenvalue weighted by Crippen LogP contribution is 2.16. The Bertz CT molecular complexity index is 562. The molecule has 0 fully saturated rings. The van der Waals surface area contributed by atoms with Crippen LogP contribution in [0.5, 0.6) is 5.75 Å². The van der Waals surface area contributed by atoms with E-state index in [9.17, 15) is 4.79 Å². The summed E-state index contributed by atoms with van der Waals surface area (Å²) in [6, 6.07) is 14.6. The van der Waals surface area contributed by atoms with Gasteiger partial charge >= 0.3 is 0 Å². The lowest BCUT2D eigenvalue weighted by molar-refractivity contribution is -0.115. The average molecular weight is 270 g/mol. The van der Waals surface area contributed by atoms with Gasteiger partial charge in [0, 0.05) is 11.4 Å². The van der Waals surface area contributed by atoms with Gasteiger partial charge in [-0.25, -0.2) is 0 Å². The van der Waals surface area contributed by atoms with Gasteiger partial charge in [0.2, 0.25) is 5.91 Å². The zero-order valence-corrected chi connectivity index (χ0v) is 11.4. The third kappa shape index (κ3) is 4.02. The minimum atomic E-state index is -0.0565. The standard InChI is InChI=1S/C16H18N2O2/c1-2-20-15-9-7-14(8-10-15)18-16(19)11-12-3-5-13(17)6-4-12/h3-10H,2,11,17H2,1H3,(H,18,19). The Morgan fingerprint density at radius 2 is 1.75 bits per heavy atom. The lowest BCUT2D eigenvalue weighted by Crippen LogP contribution is -2.14. The molecule has 0 unspecified atom stereocenters. The van der Waals surface area contributed by atoms with Gasteiger partial charge in [-0.15, -0.1) is 0 Å². The van der Waals surface area contributed by atoms with Crippen molar-refractivity contribution in [1.29, 1.82) is 0 Å². The first-order valence-corrected chi connectivity index (χ1v) is 6.54. The molecular formula is C16H18N2O2. The maximum atomic E-state index is 11.9. The largest absolute Gasteiger partial charge is 0.494 e. The summed E-state index contributed by atoms with van der Waals surface area (Å²) in [6.07, 6.45) is 0.327. The molecule has 0 spiro atoms. The highest BCUT2D eigenvalue weighted by Gasteiger charge is 2.04. The maximum absolute atomic E-state index is 11.9. The van der Waals surface area contributed by atoms with Gasteiger partial charge in [0.1, 0.15) is 5.75 Å². The van der Waals surface area contributed by atoms with Crippen LogP contribution in [0, 0.1) is 0 Å². The summed E-state index contributed by atoms with van der Waals surface area (Å²) in [7, 11) is 0. The summed E-state index contributed by atoms with van der Waals surface area (Å²) in [5.74, 6) is 0.739. The first-order chi connectivity index (χ1) is 9.67. The topological polar surface area (TPSA) is 64.3 Å². The predicted molar refractivity (Wildman–Crippen MR) is 80.8 cm³/mol. The number of carbonyl (C=O) groups excluding carboxylic acids is 1. The van der Waals surface area contributed by atoms with Crippen molar-refractivity contribution in [2.24, 2.45) is 0 Å². The smallest absolute Gasteiger partial charge is 0.228 e. The van der Waals surface area contributed by atoms with Crippen LogP contribution in [0.1, 0.15) is 12.5 Å². The van der Waals surface area contributed by atoms with Crippen LogP contribution in [0.3, 0.4) is 0 Å². The predicted octanol–water partition coefficient (Wildman–Crippen LogP) is 2.85. The Hall–Kier alpha value is -2.49. The van der Waals surface area contributed by atoms with Crippen LogP contribution in [0.2, 0.25) is 0 Å². The number of nitrogens with two attached hydrogens (primary N) is 1. The number of hydrogen-bond acceptors (Lipinski definition) is 3. The fraction of sp³-hybridized carbons (Fsp3) is 0.188. The molecule has 0 atom stereocenters. The van der Waals surface area contributed by atoms with Crippen molar-refractivity contribution in [3.05, 3.63) is 54.1 Å². The number of hydrogen-bond donors (Lipinski definition) is 2. The molecule has 0 saturated carbocycles. The van der Waals surface area contributed by atoms with Gasteiger partial charge < -0.3 is 15.8 Å². The first-order valence-electron chi connectivity index (χ1n) is 6.54. The van der Waals surface area contributed by atoms with E-state index in [0.717, 1.165) is 17.0 Å². The highest BCUT2D eigenvalue weighted by atomic mass is 16.5. The molecule has 3 N–H and O–H groups in total. The molecule has 0 heterocycles. The minimum absolute atomic E-state index is 0.0565. The lowest BCUT2D eigenvalue weighted by atomic mass is 10.1. The Kier molecular flexibility index (Phi) is 4.60. The third-order valence-corrected chi connectivity index (χ3v) is 2.79. The molecule has 0 aliphatic rings. The molecule has 0 bridgehead atoms. The lowest BCUT2D eigenvalue weighted by Gasteiger charge is -2.07. The fourth-order valence-corrected chi connectivity index (χ4v) is 1.83. The maximum Gasteiger partial charge on any atom is 0.228 e. The molecule has 0 aliphatic carbocycles. The van der Waals surface area contributed by atoms with Gasteiger partial charge in [0.05, 0.1) is 13.0 Å². The molecule has 4 nitrogen and oxygen atoms in total. The molecule has 104 valence electrons. The molecule has 0 aliphatic heterocycles. The second-order valence-corrected chi connectivity index (χ2v) is 4.42. The summed E-state index contributed by atoms with van der Waals surface area (Å²) in [4.78, 5) is 11.9. The third-order valence-electron chi connectivity index (χ3n) is 2.79. The Balaban J connectivity index is 1.92. The van der Waals surface area contributed by atoms with Gasteiger partial charge in [-0.05, 0) is 48.9 Å². The van der Waals surface area contributed by atoms with Crippen molar-refractivity contribution in [3.63, 3.8) is 0 Å². The summed E-state index contributed by atoms with van der Waals surface area (Å²) >= 11 is 0. The van der Waals surface area contributed by atoms with Crippen molar-refractivity contribution >= 4 is 17.3 Å². The SMILES string of the molecule is CCOc1ccc(NC(=O)Cc2ccc(N)cc2)cc1. The van der Waals surface area contributed by atoms with Gasteiger partial charge in [0.15, 0.2) is 0 Å². The van der Waals surface area contributed by atoms with Crippen molar-refractivity contribution < 1.29 is 9.53 Å². The number of anilines is 2. The second-order valence-electron chi connectivity index (χ2n) is 4.42. The van der Waals surface area contributed by atoms with E-state index in [0.29, 0.717) is 18.7 Å². The molecule has 2 aromatic carbocycles. The number of rotatable bonds is 5. The molecule has 0 aromatic heterocycles. The normalized spacial score (nSPS) is 10.1. The van der Waals surface area contributed by atoms with Crippen molar-refractivity contribution in [1.82, 2.24) is 0 Å².